The number of rotatable bonds is 5. The van der Waals surface area contributed by atoms with E-state index in [0.29, 0.717) is 15.8 Å². The molecule has 0 fully saturated rings. The van der Waals surface area contributed by atoms with E-state index < -0.39 is 0 Å². The molecule has 0 N–H and O–H groups in total. The lowest BCUT2D eigenvalue weighted by molar-refractivity contribution is -0.139. The molecule has 0 radical (unpaired) electrons. The zero-order valence-electron chi connectivity index (χ0n) is 13.3. The summed E-state index contributed by atoms with van der Waals surface area (Å²) in [5.41, 5.74) is 3.74. The number of methoxy groups -OCH3 is 1. The number of carbonyl (C=O) groups excluding carboxylic acids is 1. The van der Waals surface area contributed by atoms with Crippen molar-refractivity contribution in [3.05, 3.63) is 62.6 Å². The fourth-order valence-corrected chi connectivity index (χ4v) is 2.69. The predicted octanol–water partition coefficient (Wildman–Crippen LogP) is 4.90. The van der Waals surface area contributed by atoms with Crippen molar-refractivity contribution in [3.63, 3.8) is 0 Å². The molecule has 5 heteroatoms. The third-order valence-corrected chi connectivity index (χ3v) is 4.35. The predicted molar refractivity (Wildman–Crippen MR) is 92.4 cm³/mol. The van der Waals surface area contributed by atoms with Crippen molar-refractivity contribution in [2.45, 2.75) is 26.9 Å². The summed E-state index contributed by atoms with van der Waals surface area (Å²) in [5.74, 6) is 0.274. The van der Waals surface area contributed by atoms with Crippen LogP contribution in [-0.2, 0) is 22.6 Å². The van der Waals surface area contributed by atoms with E-state index in [4.69, 9.17) is 32.7 Å². The van der Waals surface area contributed by atoms with Crippen molar-refractivity contribution in [2.75, 3.05) is 7.11 Å². The number of hydrogen-bond donors (Lipinski definition) is 0. The minimum atomic E-state index is -0.322. The van der Waals surface area contributed by atoms with Gasteiger partial charge in [0.15, 0.2) is 0 Å². The lowest BCUT2D eigenvalue weighted by atomic mass is 10.1. The molecule has 0 aliphatic rings. The largest absolute Gasteiger partial charge is 0.487 e. The first-order valence-electron chi connectivity index (χ1n) is 7.15. The van der Waals surface area contributed by atoms with E-state index in [1.54, 1.807) is 12.1 Å². The fraction of sp³-hybridized carbons (Fsp3) is 0.278. The van der Waals surface area contributed by atoms with Crippen LogP contribution in [0.2, 0.25) is 10.0 Å². The summed E-state index contributed by atoms with van der Waals surface area (Å²) in [6.07, 6.45) is 0.149. The Kier molecular flexibility index (Phi) is 5.91. The average molecular weight is 353 g/mol. The highest BCUT2D eigenvalue weighted by Gasteiger charge is 2.13. The van der Waals surface area contributed by atoms with Crippen LogP contribution in [0.1, 0.15) is 22.3 Å². The van der Waals surface area contributed by atoms with E-state index in [-0.39, 0.29) is 19.0 Å². The standard InChI is InChI=1S/C18H18Cl2O3/c1-11-7-16(20)17(8-12(11)2)23-10-14-13(9-18(21)22-3)5-4-6-15(14)19/h4-8H,9-10H2,1-3H3. The average Bonchev–Trinajstić information content (AvgIpc) is 2.51. The molecule has 0 aromatic heterocycles. The van der Waals surface area contributed by atoms with Crippen molar-refractivity contribution in [2.24, 2.45) is 0 Å². The third-order valence-electron chi connectivity index (χ3n) is 3.70. The number of benzene rings is 2. The van der Waals surface area contributed by atoms with Crippen molar-refractivity contribution in [3.8, 4) is 5.75 Å². The van der Waals surface area contributed by atoms with Gasteiger partial charge in [0.2, 0.25) is 0 Å². The van der Waals surface area contributed by atoms with Crippen LogP contribution < -0.4 is 4.74 Å². The molecule has 23 heavy (non-hydrogen) atoms. The Bertz CT molecular complexity index is 726. The second-order valence-electron chi connectivity index (χ2n) is 5.29. The van der Waals surface area contributed by atoms with Crippen molar-refractivity contribution >= 4 is 29.2 Å². The quantitative estimate of drug-likeness (QED) is 0.717. The van der Waals surface area contributed by atoms with Gasteiger partial charge in [-0.25, -0.2) is 0 Å². The molecule has 3 nitrogen and oxygen atoms in total. The van der Waals surface area contributed by atoms with E-state index >= 15 is 0 Å². The highest BCUT2D eigenvalue weighted by atomic mass is 35.5. The summed E-state index contributed by atoms with van der Waals surface area (Å²) in [6, 6.07) is 9.17. The molecule has 0 aliphatic heterocycles. The summed E-state index contributed by atoms with van der Waals surface area (Å²) in [5, 5.41) is 1.10. The maximum Gasteiger partial charge on any atom is 0.309 e. The SMILES string of the molecule is COC(=O)Cc1cccc(Cl)c1COc1cc(C)c(C)cc1Cl. The van der Waals surface area contributed by atoms with E-state index in [9.17, 15) is 4.79 Å². The third kappa shape index (κ3) is 4.40. The van der Waals surface area contributed by atoms with Gasteiger partial charge < -0.3 is 9.47 Å². The number of carbonyl (C=O) groups is 1. The first kappa shape index (κ1) is 17.6. The zero-order valence-corrected chi connectivity index (χ0v) is 14.8. The summed E-state index contributed by atoms with van der Waals surface area (Å²) in [4.78, 5) is 11.5. The van der Waals surface area contributed by atoms with Gasteiger partial charge in [0.05, 0.1) is 18.6 Å². The van der Waals surface area contributed by atoms with Gasteiger partial charge >= 0.3 is 5.97 Å². The molecule has 2 aromatic rings. The first-order chi connectivity index (χ1) is 10.9. The summed E-state index contributed by atoms with van der Waals surface area (Å²) in [6.45, 7) is 4.22. The smallest absolute Gasteiger partial charge is 0.309 e. The maximum atomic E-state index is 11.5. The number of halogens is 2. The van der Waals surface area contributed by atoms with Gasteiger partial charge in [0.1, 0.15) is 12.4 Å². The molecule has 0 bridgehead atoms. The van der Waals surface area contributed by atoms with Gasteiger partial charge in [-0.15, -0.1) is 0 Å². The first-order valence-corrected chi connectivity index (χ1v) is 7.90. The lowest BCUT2D eigenvalue weighted by Crippen LogP contribution is -2.09. The van der Waals surface area contributed by atoms with Crippen LogP contribution in [0.5, 0.6) is 5.75 Å². The molecule has 2 rings (SSSR count). The van der Waals surface area contributed by atoms with Crippen LogP contribution in [-0.4, -0.2) is 13.1 Å². The van der Waals surface area contributed by atoms with Crippen molar-refractivity contribution in [1.82, 2.24) is 0 Å². The van der Waals surface area contributed by atoms with Crippen molar-refractivity contribution < 1.29 is 14.3 Å². The Hall–Kier alpha value is -1.71. The van der Waals surface area contributed by atoms with E-state index in [1.807, 2.05) is 32.0 Å². The van der Waals surface area contributed by atoms with Gasteiger partial charge in [0.25, 0.3) is 0 Å². The summed E-state index contributed by atoms with van der Waals surface area (Å²) >= 11 is 12.5. The number of esters is 1. The van der Waals surface area contributed by atoms with Crippen LogP contribution in [0, 0.1) is 13.8 Å². The monoisotopic (exact) mass is 352 g/mol. The molecule has 2 aromatic carbocycles. The highest BCUT2D eigenvalue weighted by molar-refractivity contribution is 6.32. The maximum absolute atomic E-state index is 11.5. The Morgan fingerprint density at radius 2 is 1.78 bits per heavy atom. The number of aryl methyl sites for hydroxylation is 2. The van der Waals surface area contributed by atoms with Crippen LogP contribution in [0.15, 0.2) is 30.3 Å². The number of hydrogen-bond acceptors (Lipinski definition) is 3. The molecule has 0 spiro atoms. The lowest BCUT2D eigenvalue weighted by Gasteiger charge is -2.14. The molecule has 0 unspecified atom stereocenters. The van der Waals surface area contributed by atoms with Gasteiger partial charge in [-0.2, -0.15) is 0 Å². The second-order valence-corrected chi connectivity index (χ2v) is 6.10. The van der Waals surface area contributed by atoms with E-state index in [2.05, 4.69) is 0 Å². The molecule has 0 saturated carbocycles. The Labute approximate surface area is 146 Å². The molecule has 0 amide bonds. The van der Waals surface area contributed by atoms with Crippen LogP contribution in [0.25, 0.3) is 0 Å². The Balaban J connectivity index is 2.23. The van der Waals surface area contributed by atoms with E-state index in [1.165, 1.54) is 7.11 Å². The van der Waals surface area contributed by atoms with Crippen molar-refractivity contribution in [1.29, 1.82) is 0 Å². The minimum absolute atomic E-state index is 0.149. The second kappa shape index (κ2) is 7.71. The van der Waals surface area contributed by atoms with Crippen LogP contribution >= 0.6 is 23.2 Å². The number of ether oxygens (including phenoxy) is 2. The van der Waals surface area contributed by atoms with Gasteiger partial charge in [-0.05, 0) is 48.7 Å². The highest BCUT2D eigenvalue weighted by Crippen LogP contribution is 2.30. The topological polar surface area (TPSA) is 35.5 Å². The molecular formula is C18H18Cl2O3. The molecule has 0 aliphatic carbocycles. The molecular weight excluding hydrogens is 335 g/mol. The molecule has 0 heterocycles. The normalized spacial score (nSPS) is 10.5. The Morgan fingerprint density at radius 3 is 2.48 bits per heavy atom. The molecule has 0 saturated heterocycles. The Morgan fingerprint density at radius 1 is 1.09 bits per heavy atom. The van der Waals surface area contributed by atoms with Gasteiger partial charge in [-0.1, -0.05) is 35.3 Å². The van der Waals surface area contributed by atoms with Crippen LogP contribution in [0.4, 0.5) is 0 Å². The summed E-state index contributed by atoms with van der Waals surface area (Å²) < 4.78 is 10.5. The van der Waals surface area contributed by atoms with Gasteiger partial charge in [-0.3, -0.25) is 4.79 Å². The summed E-state index contributed by atoms with van der Waals surface area (Å²) in [7, 11) is 1.36. The fourth-order valence-electron chi connectivity index (χ4n) is 2.17. The van der Waals surface area contributed by atoms with Crippen LogP contribution in [0.3, 0.4) is 0 Å². The minimum Gasteiger partial charge on any atom is -0.487 e. The molecule has 0 atom stereocenters. The zero-order chi connectivity index (χ0) is 17.0. The van der Waals surface area contributed by atoms with E-state index in [0.717, 1.165) is 22.3 Å². The van der Waals surface area contributed by atoms with Gasteiger partial charge in [0, 0.05) is 10.6 Å². The molecule has 122 valence electrons.